The maximum Gasteiger partial charge on any atom is 0.293 e. The van der Waals surface area contributed by atoms with Crippen LogP contribution in [0.25, 0.3) is 0 Å². The van der Waals surface area contributed by atoms with E-state index in [0.29, 0.717) is 6.54 Å². The topological polar surface area (TPSA) is 75.5 Å². The first-order valence-electron chi connectivity index (χ1n) is 7.32. The lowest BCUT2D eigenvalue weighted by molar-refractivity contribution is 0.0569. The van der Waals surface area contributed by atoms with Crippen LogP contribution in [0, 0.1) is 0 Å². The second-order valence-corrected chi connectivity index (χ2v) is 5.36. The Morgan fingerprint density at radius 2 is 2.23 bits per heavy atom. The lowest BCUT2D eigenvalue weighted by Gasteiger charge is -2.35. The van der Waals surface area contributed by atoms with Crippen LogP contribution in [-0.4, -0.2) is 29.6 Å². The number of methoxy groups -OCH3 is 1. The number of nitrogens with zero attached hydrogens (tertiary/aromatic N) is 1. The van der Waals surface area contributed by atoms with Gasteiger partial charge in [-0.1, -0.05) is 12.1 Å². The van der Waals surface area contributed by atoms with Gasteiger partial charge in [0.2, 0.25) is 5.76 Å². The molecule has 6 nitrogen and oxygen atoms in total. The molecule has 1 saturated heterocycles. The Morgan fingerprint density at radius 1 is 1.36 bits per heavy atom. The molecule has 0 spiro atoms. The molecular weight excluding hydrogens is 284 g/mol. The molecule has 1 amide bonds. The zero-order chi connectivity index (χ0) is 15.5. The lowest BCUT2D eigenvalue weighted by Crippen LogP contribution is -2.38. The van der Waals surface area contributed by atoms with Crippen molar-refractivity contribution in [3.05, 3.63) is 52.0 Å². The molecule has 3 rings (SSSR count). The highest BCUT2D eigenvalue weighted by Crippen LogP contribution is 2.33. The van der Waals surface area contributed by atoms with Gasteiger partial charge in [0, 0.05) is 6.54 Å². The third-order valence-corrected chi connectivity index (χ3v) is 3.98. The molecule has 6 heteroatoms. The van der Waals surface area contributed by atoms with Crippen molar-refractivity contribution >= 4 is 5.91 Å². The SMILES string of the molecule is COc1cccc([C@H]2CCCCN2C(=O)c2cc(=O)[nH]o2)c1. The second kappa shape index (κ2) is 6.09. The maximum atomic E-state index is 12.6. The number of amides is 1. The number of aromatic nitrogens is 1. The predicted octanol–water partition coefficient (Wildman–Crippen LogP) is 2.34. The van der Waals surface area contributed by atoms with Gasteiger partial charge in [-0.3, -0.25) is 9.59 Å². The summed E-state index contributed by atoms with van der Waals surface area (Å²) in [6, 6.07) is 8.90. The summed E-state index contributed by atoms with van der Waals surface area (Å²) >= 11 is 0. The number of hydrogen-bond donors (Lipinski definition) is 1. The van der Waals surface area contributed by atoms with Crippen molar-refractivity contribution in [2.75, 3.05) is 13.7 Å². The number of aromatic amines is 1. The quantitative estimate of drug-likeness (QED) is 0.944. The largest absolute Gasteiger partial charge is 0.497 e. The molecular formula is C16H18N2O4. The number of piperidine rings is 1. The molecule has 0 bridgehead atoms. The van der Waals surface area contributed by atoms with Gasteiger partial charge in [-0.05, 0) is 37.0 Å². The standard InChI is InChI=1S/C16H18N2O4/c1-21-12-6-4-5-11(9-12)13-7-2-3-8-18(13)16(20)14-10-15(19)17-22-14/h4-6,9-10,13H,2-3,7-8H2,1H3,(H,17,19)/t13-/m1/s1. The molecule has 1 aromatic heterocycles. The Balaban J connectivity index is 1.90. The monoisotopic (exact) mass is 302 g/mol. The molecule has 0 aliphatic carbocycles. The summed E-state index contributed by atoms with van der Waals surface area (Å²) < 4.78 is 10.2. The Morgan fingerprint density at radius 3 is 2.95 bits per heavy atom. The number of ether oxygens (including phenoxy) is 1. The van der Waals surface area contributed by atoms with Gasteiger partial charge in [-0.2, -0.15) is 5.16 Å². The van der Waals surface area contributed by atoms with Gasteiger partial charge in [0.25, 0.3) is 11.5 Å². The maximum absolute atomic E-state index is 12.6. The number of benzene rings is 1. The molecule has 1 aromatic carbocycles. The number of likely N-dealkylation sites (tertiary alicyclic amines) is 1. The van der Waals surface area contributed by atoms with Crippen molar-refractivity contribution in [2.45, 2.75) is 25.3 Å². The number of rotatable bonds is 3. The number of carbonyl (C=O) groups is 1. The summed E-state index contributed by atoms with van der Waals surface area (Å²) in [6.45, 7) is 0.648. The molecule has 1 atom stereocenters. The van der Waals surface area contributed by atoms with Crippen LogP contribution < -0.4 is 10.3 Å². The Kier molecular flexibility index (Phi) is 4.00. The van der Waals surface area contributed by atoms with Gasteiger partial charge in [-0.25, -0.2) is 0 Å². The van der Waals surface area contributed by atoms with Crippen molar-refractivity contribution in [2.24, 2.45) is 0 Å². The minimum atomic E-state index is -0.404. The molecule has 0 radical (unpaired) electrons. The van der Waals surface area contributed by atoms with Crippen LogP contribution in [0.15, 0.2) is 39.6 Å². The zero-order valence-electron chi connectivity index (χ0n) is 12.4. The fourth-order valence-corrected chi connectivity index (χ4v) is 2.90. The van der Waals surface area contributed by atoms with Gasteiger partial charge >= 0.3 is 0 Å². The molecule has 1 fully saturated rings. The molecule has 0 saturated carbocycles. The van der Waals surface area contributed by atoms with E-state index in [0.717, 1.165) is 30.6 Å². The van der Waals surface area contributed by atoms with E-state index in [2.05, 4.69) is 5.16 Å². The molecule has 116 valence electrons. The summed E-state index contributed by atoms with van der Waals surface area (Å²) in [7, 11) is 1.62. The molecule has 2 aromatic rings. The van der Waals surface area contributed by atoms with Crippen LogP contribution in [0.2, 0.25) is 0 Å². The molecule has 22 heavy (non-hydrogen) atoms. The van der Waals surface area contributed by atoms with Gasteiger partial charge in [0.15, 0.2) is 0 Å². The minimum Gasteiger partial charge on any atom is -0.497 e. The van der Waals surface area contributed by atoms with E-state index in [4.69, 9.17) is 9.26 Å². The third kappa shape index (κ3) is 2.77. The summed E-state index contributed by atoms with van der Waals surface area (Å²) in [5.74, 6) is 0.564. The number of hydrogen-bond acceptors (Lipinski definition) is 4. The highest BCUT2D eigenvalue weighted by molar-refractivity contribution is 5.91. The summed E-state index contributed by atoms with van der Waals surface area (Å²) in [5.41, 5.74) is 0.628. The molecule has 1 aliphatic rings. The van der Waals surface area contributed by atoms with E-state index in [1.807, 2.05) is 24.3 Å². The minimum absolute atomic E-state index is 0.0310. The third-order valence-electron chi connectivity index (χ3n) is 3.98. The van der Waals surface area contributed by atoms with E-state index in [-0.39, 0.29) is 17.7 Å². The van der Waals surface area contributed by atoms with Crippen LogP contribution in [0.3, 0.4) is 0 Å². The van der Waals surface area contributed by atoms with Gasteiger partial charge < -0.3 is 14.2 Å². The van der Waals surface area contributed by atoms with Gasteiger partial charge in [0.1, 0.15) is 5.75 Å². The molecule has 1 aliphatic heterocycles. The van der Waals surface area contributed by atoms with Crippen LogP contribution >= 0.6 is 0 Å². The van der Waals surface area contributed by atoms with Crippen molar-refractivity contribution < 1.29 is 14.1 Å². The smallest absolute Gasteiger partial charge is 0.293 e. The average Bonchev–Trinajstić information content (AvgIpc) is 3.00. The highest BCUT2D eigenvalue weighted by atomic mass is 16.5. The summed E-state index contributed by atoms with van der Waals surface area (Å²) in [4.78, 5) is 25.5. The first kappa shape index (κ1) is 14.4. The van der Waals surface area contributed by atoms with Crippen molar-refractivity contribution in [3.8, 4) is 5.75 Å². The fourth-order valence-electron chi connectivity index (χ4n) is 2.90. The van der Waals surface area contributed by atoms with E-state index >= 15 is 0 Å². The first-order chi connectivity index (χ1) is 10.7. The summed E-state index contributed by atoms with van der Waals surface area (Å²) in [6.07, 6.45) is 2.89. The molecule has 1 N–H and O–H groups in total. The lowest BCUT2D eigenvalue weighted by atomic mass is 9.95. The molecule has 0 unspecified atom stereocenters. The molecule has 2 heterocycles. The van der Waals surface area contributed by atoms with E-state index in [1.165, 1.54) is 6.07 Å². The number of carbonyl (C=O) groups excluding carboxylic acids is 1. The van der Waals surface area contributed by atoms with Gasteiger partial charge in [-0.15, -0.1) is 0 Å². The van der Waals surface area contributed by atoms with E-state index in [9.17, 15) is 9.59 Å². The summed E-state index contributed by atoms with van der Waals surface area (Å²) in [5, 5.41) is 2.16. The van der Waals surface area contributed by atoms with Crippen LogP contribution in [-0.2, 0) is 0 Å². The highest BCUT2D eigenvalue weighted by Gasteiger charge is 2.30. The van der Waals surface area contributed by atoms with Crippen LogP contribution in [0.4, 0.5) is 0 Å². The predicted molar refractivity (Wildman–Crippen MR) is 80.0 cm³/mol. The van der Waals surface area contributed by atoms with E-state index in [1.54, 1.807) is 12.0 Å². The second-order valence-electron chi connectivity index (χ2n) is 5.36. The number of nitrogens with one attached hydrogen (secondary N) is 1. The zero-order valence-corrected chi connectivity index (χ0v) is 12.4. The van der Waals surface area contributed by atoms with Crippen LogP contribution in [0.1, 0.15) is 41.4 Å². The fraction of sp³-hybridized carbons (Fsp3) is 0.375. The number of H-pyrrole nitrogens is 1. The average molecular weight is 302 g/mol. The van der Waals surface area contributed by atoms with Crippen molar-refractivity contribution in [3.63, 3.8) is 0 Å². The van der Waals surface area contributed by atoms with Crippen molar-refractivity contribution in [1.29, 1.82) is 0 Å². The van der Waals surface area contributed by atoms with Crippen molar-refractivity contribution in [1.82, 2.24) is 10.1 Å². The Bertz CT molecular complexity index is 719. The van der Waals surface area contributed by atoms with E-state index < -0.39 is 5.56 Å². The Hall–Kier alpha value is -2.50. The van der Waals surface area contributed by atoms with Crippen LogP contribution in [0.5, 0.6) is 5.75 Å². The first-order valence-corrected chi connectivity index (χ1v) is 7.32. The van der Waals surface area contributed by atoms with Gasteiger partial charge in [0.05, 0.1) is 19.2 Å². The Labute approximate surface area is 127 Å². The normalized spacial score (nSPS) is 18.2.